The molecule has 2 fully saturated rings. The maximum absolute atomic E-state index is 4.92. The Bertz CT molecular complexity index is 793. The van der Waals surface area contributed by atoms with Crippen molar-refractivity contribution in [3.8, 4) is 0 Å². The zero-order chi connectivity index (χ0) is 20.9. The van der Waals surface area contributed by atoms with Gasteiger partial charge in [-0.15, -0.1) is 0 Å². The molecule has 2 aliphatic rings. The fraction of sp³-hybridized carbons (Fsp3) is 0.583. The Morgan fingerprint density at radius 1 is 0.967 bits per heavy atom. The van der Waals surface area contributed by atoms with E-state index in [1.54, 1.807) is 0 Å². The van der Waals surface area contributed by atoms with E-state index in [2.05, 4.69) is 77.4 Å². The number of benzene rings is 1. The number of hydrogen-bond donors (Lipinski definition) is 1. The predicted molar refractivity (Wildman–Crippen MR) is 125 cm³/mol. The Hall–Kier alpha value is -2.34. The lowest BCUT2D eigenvalue weighted by atomic mass is 9.87. The van der Waals surface area contributed by atoms with Gasteiger partial charge in [-0.3, -0.25) is 4.90 Å². The first kappa shape index (κ1) is 20.9. The van der Waals surface area contributed by atoms with Crippen LogP contribution >= 0.6 is 0 Å². The molecule has 0 radical (unpaired) electrons. The lowest BCUT2D eigenvalue weighted by Crippen LogP contribution is -2.46. The zero-order valence-electron chi connectivity index (χ0n) is 18.7. The molecule has 162 valence electrons. The van der Waals surface area contributed by atoms with Gasteiger partial charge >= 0.3 is 0 Å². The third kappa shape index (κ3) is 5.42. The smallest absolute Gasteiger partial charge is 0.229 e. The van der Waals surface area contributed by atoms with Crippen molar-refractivity contribution in [1.82, 2.24) is 14.9 Å². The van der Waals surface area contributed by atoms with E-state index in [-0.39, 0.29) is 0 Å². The molecule has 0 unspecified atom stereocenters. The average Bonchev–Trinajstić information content (AvgIpc) is 2.76. The molecule has 6 heteroatoms. The summed E-state index contributed by atoms with van der Waals surface area (Å²) in [7, 11) is 4.10. The van der Waals surface area contributed by atoms with Gasteiger partial charge in [0.2, 0.25) is 5.95 Å². The molecule has 1 saturated heterocycles. The van der Waals surface area contributed by atoms with Crippen LogP contribution in [0.1, 0.15) is 38.2 Å². The molecule has 6 nitrogen and oxygen atoms in total. The average molecular weight is 409 g/mol. The van der Waals surface area contributed by atoms with Gasteiger partial charge in [-0.05, 0) is 37.2 Å². The molecule has 1 aromatic heterocycles. The summed E-state index contributed by atoms with van der Waals surface area (Å²) in [5.41, 5.74) is 1.38. The molecule has 1 saturated carbocycles. The topological polar surface area (TPSA) is 47.5 Å². The molecular formula is C24H36N6. The minimum absolute atomic E-state index is 0.529. The van der Waals surface area contributed by atoms with Crippen LogP contribution in [0.2, 0.25) is 0 Å². The minimum atomic E-state index is 0.529. The summed E-state index contributed by atoms with van der Waals surface area (Å²) >= 11 is 0. The van der Waals surface area contributed by atoms with Gasteiger partial charge in [0.15, 0.2) is 0 Å². The number of hydrogen-bond acceptors (Lipinski definition) is 6. The van der Waals surface area contributed by atoms with Crippen molar-refractivity contribution in [2.24, 2.45) is 5.92 Å². The van der Waals surface area contributed by atoms with E-state index in [1.165, 1.54) is 31.2 Å². The quantitative estimate of drug-likeness (QED) is 0.783. The third-order valence-electron chi connectivity index (χ3n) is 6.43. The first-order valence-corrected chi connectivity index (χ1v) is 11.4. The maximum Gasteiger partial charge on any atom is 0.229 e. The van der Waals surface area contributed by atoms with Gasteiger partial charge in [-0.1, -0.05) is 37.3 Å². The van der Waals surface area contributed by atoms with Crippen LogP contribution in [0.4, 0.5) is 17.6 Å². The summed E-state index contributed by atoms with van der Waals surface area (Å²) in [5.74, 6) is 3.65. The van der Waals surface area contributed by atoms with Crippen LogP contribution in [0.5, 0.6) is 0 Å². The number of aromatic nitrogens is 2. The predicted octanol–water partition coefficient (Wildman–Crippen LogP) is 3.86. The highest BCUT2D eigenvalue weighted by molar-refractivity contribution is 5.54. The molecule has 0 spiro atoms. The normalized spacial score (nSPS) is 22.7. The Balaban J connectivity index is 1.41. The lowest BCUT2D eigenvalue weighted by Gasteiger charge is -2.35. The molecule has 0 atom stereocenters. The number of anilines is 3. The summed E-state index contributed by atoms with van der Waals surface area (Å²) < 4.78 is 0. The molecule has 2 aromatic rings. The fourth-order valence-corrected chi connectivity index (χ4v) is 4.43. The molecule has 30 heavy (non-hydrogen) atoms. The SMILES string of the molecule is CC1CCC(Nc2cc(N(C)C)nc(N3CCN(Cc4ccccc4)CC3)n2)CC1. The molecular weight excluding hydrogens is 372 g/mol. The van der Waals surface area contributed by atoms with Crippen LogP contribution in [0, 0.1) is 5.92 Å². The first-order chi connectivity index (χ1) is 14.6. The van der Waals surface area contributed by atoms with Gasteiger partial charge in [-0.2, -0.15) is 9.97 Å². The van der Waals surface area contributed by atoms with Crippen molar-refractivity contribution >= 4 is 17.6 Å². The second-order valence-electron chi connectivity index (χ2n) is 9.16. The lowest BCUT2D eigenvalue weighted by molar-refractivity contribution is 0.248. The summed E-state index contributed by atoms with van der Waals surface area (Å²) in [6.45, 7) is 7.37. The molecule has 0 amide bonds. The van der Waals surface area contributed by atoms with Crippen LogP contribution in [-0.2, 0) is 6.54 Å². The van der Waals surface area contributed by atoms with E-state index >= 15 is 0 Å². The van der Waals surface area contributed by atoms with Crippen molar-refractivity contribution in [2.45, 2.75) is 45.2 Å². The summed E-state index contributed by atoms with van der Waals surface area (Å²) in [4.78, 5) is 16.7. The van der Waals surface area contributed by atoms with Gasteiger partial charge in [0.05, 0.1) is 0 Å². The number of nitrogens with one attached hydrogen (secondary N) is 1. The van der Waals surface area contributed by atoms with E-state index in [1.807, 2.05) is 0 Å². The van der Waals surface area contributed by atoms with Gasteiger partial charge < -0.3 is 15.1 Å². The van der Waals surface area contributed by atoms with Gasteiger partial charge in [0.1, 0.15) is 11.6 Å². The van der Waals surface area contributed by atoms with Crippen LogP contribution in [0.15, 0.2) is 36.4 Å². The van der Waals surface area contributed by atoms with E-state index in [0.29, 0.717) is 6.04 Å². The highest BCUT2D eigenvalue weighted by Crippen LogP contribution is 2.27. The molecule has 1 N–H and O–H groups in total. The van der Waals surface area contributed by atoms with Crippen LogP contribution in [0.3, 0.4) is 0 Å². The Labute approximate surface area is 181 Å². The Morgan fingerprint density at radius 3 is 2.33 bits per heavy atom. The monoisotopic (exact) mass is 408 g/mol. The van der Waals surface area contributed by atoms with E-state index in [4.69, 9.17) is 9.97 Å². The van der Waals surface area contributed by atoms with E-state index in [9.17, 15) is 0 Å². The van der Waals surface area contributed by atoms with Crippen LogP contribution in [0.25, 0.3) is 0 Å². The van der Waals surface area contributed by atoms with Crippen molar-refractivity contribution in [2.75, 3.05) is 55.4 Å². The maximum atomic E-state index is 4.92. The molecule has 1 aliphatic heterocycles. The Kier molecular flexibility index (Phi) is 6.72. The van der Waals surface area contributed by atoms with Gasteiger partial charge in [0.25, 0.3) is 0 Å². The summed E-state index contributed by atoms with van der Waals surface area (Å²) in [5, 5.41) is 3.70. The number of piperazine rings is 1. The molecule has 0 bridgehead atoms. The third-order valence-corrected chi connectivity index (χ3v) is 6.43. The highest BCUT2D eigenvalue weighted by atomic mass is 15.3. The van der Waals surface area contributed by atoms with Crippen molar-refractivity contribution in [3.63, 3.8) is 0 Å². The molecule has 4 rings (SSSR count). The molecule has 1 aromatic carbocycles. The van der Waals surface area contributed by atoms with Gasteiger partial charge in [-0.25, -0.2) is 0 Å². The Morgan fingerprint density at radius 2 is 1.67 bits per heavy atom. The minimum Gasteiger partial charge on any atom is -0.367 e. The number of rotatable bonds is 6. The van der Waals surface area contributed by atoms with E-state index in [0.717, 1.165) is 56.2 Å². The van der Waals surface area contributed by atoms with Gasteiger partial charge in [0, 0.05) is 58.9 Å². The molecule has 2 heterocycles. The van der Waals surface area contributed by atoms with Crippen molar-refractivity contribution in [3.05, 3.63) is 42.0 Å². The first-order valence-electron chi connectivity index (χ1n) is 11.4. The van der Waals surface area contributed by atoms with Crippen molar-refractivity contribution in [1.29, 1.82) is 0 Å². The highest BCUT2D eigenvalue weighted by Gasteiger charge is 2.22. The fourth-order valence-electron chi connectivity index (χ4n) is 4.43. The number of nitrogens with zero attached hydrogens (tertiary/aromatic N) is 5. The van der Waals surface area contributed by atoms with Crippen LogP contribution in [-0.4, -0.2) is 61.2 Å². The van der Waals surface area contributed by atoms with Crippen LogP contribution < -0.4 is 15.1 Å². The van der Waals surface area contributed by atoms with E-state index < -0.39 is 0 Å². The standard InChI is InChI=1S/C24H36N6/c1-19-9-11-21(12-10-19)25-22-17-23(28(2)3)27-24(26-22)30-15-13-29(14-16-30)18-20-7-5-4-6-8-20/h4-8,17,19,21H,9-16,18H2,1-3H3,(H,25,26,27). The largest absolute Gasteiger partial charge is 0.367 e. The summed E-state index contributed by atoms with van der Waals surface area (Å²) in [6, 6.07) is 13.4. The second kappa shape index (κ2) is 9.65. The zero-order valence-corrected chi connectivity index (χ0v) is 18.7. The molecule has 1 aliphatic carbocycles. The van der Waals surface area contributed by atoms with Crippen molar-refractivity contribution < 1.29 is 0 Å². The second-order valence-corrected chi connectivity index (χ2v) is 9.16. The summed E-state index contributed by atoms with van der Waals surface area (Å²) in [6.07, 6.45) is 5.07.